The van der Waals surface area contributed by atoms with Crippen LogP contribution in [-0.4, -0.2) is 17.7 Å². The third kappa shape index (κ3) is 2.83. The molecule has 1 aliphatic heterocycles. The molecule has 3 nitrogen and oxygen atoms in total. The summed E-state index contributed by atoms with van der Waals surface area (Å²) in [5.41, 5.74) is 6.28. The Morgan fingerprint density at radius 1 is 1.56 bits per heavy atom. The highest BCUT2D eigenvalue weighted by Crippen LogP contribution is 2.30. The number of nitrogens with two attached hydrogens (primary N) is 1. The minimum atomic E-state index is 0.147. The number of thioether (sulfide) groups is 1. The molecule has 2 rings (SSSR count). The molecule has 0 spiro atoms. The van der Waals surface area contributed by atoms with Crippen molar-refractivity contribution in [2.24, 2.45) is 0 Å². The Bertz CT molecular complexity index is 411. The minimum absolute atomic E-state index is 0.147. The second-order valence-corrected chi connectivity index (χ2v) is 5.27. The van der Waals surface area contributed by atoms with Crippen LogP contribution < -0.4 is 11.1 Å². The largest absolute Gasteiger partial charge is 0.399 e. The second-order valence-electron chi connectivity index (χ2n) is 3.80. The van der Waals surface area contributed by atoms with Gasteiger partial charge < -0.3 is 11.1 Å². The van der Waals surface area contributed by atoms with Gasteiger partial charge in [0.15, 0.2) is 0 Å². The van der Waals surface area contributed by atoms with Crippen molar-refractivity contribution >= 4 is 35.0 Å². The van der Waals surface area contributed by atoms with E-state index in [9.17, 15) is 4.79 Å². The van der Waals surface area contributed by atoms with Crippen LogP contribution in [-0.2, 0) is 4.79 Å². The first kappa shape index (κ1) is 11.6. The SMILES string of the molecule is Nc1ccc(SCC2CCC(=O)N2)c(Cl)c1. The van der Waals surface area contributed by atoms with Gasteiger partial charge in [-0.25, -0.2) is 0 Å². The second kappa shape index (κ2) is 4.97. The number of carbonyl (C=O) groups excluding carboxylic acids is 1. The smallest absolute Gasteiger partial charge is 0.220 e. The van der Waals surface area contributed by atoms with E-state index in [2.05, 4.69) is 5.32 Å². The fourth-order valence-corrected chi connectivity index (χ4v) is 2.97. The van der Waals surface area contributed by atoms with Gasteiger partial charge in [0.05, 0.1) is 5.02 Å². The zero-order chi connectivity index (χ0) is 11.5. The summed E-state index contributed by atoms with van der Waals surface area (Å²) in [5.74, 6) is 1.00. The predicted molar refractivity (Wildman–Crippen MR) is 67.8 cm³/mol. The van der Waals surface area contributed by atoms with Crippen molar-refractivity contribution < 1.29 is 4.79 Å². The molecule has 0 radical (unpaired) electrons. The summed E-state index contributed by atoms with van der Waals surface area (Å²) >= 11 is 7.71. The Kier molecular flexibility index (Phi) is 3.61. The monoisotopic (exact) mass is 256 g/mol. The molecule has 1 heterocycles. The molecule has 16 heavy (non-hydrogen) atoms. The number of carbonyl (C=O) groups is 1. The van der Waals surface area contributed by atoms with E-state index in [0.717, 1.165) is 17.1 Å². The lowest BCUT2D eigenvalue weighted by Crippen LogP contribution is -2.27. The average molecular weight is 257 g/mol. The standard InChI is InChI=1S/C11H13ClN2OS/c12-9-5-7(13)1-3-10(9)16-6-8-2-4-11(15)14-8/h1,3,5,8H,2,4,6,13H2,(H,14,15). The third-order valence-corrected chi connectivity index (χ3v) is 4.14. The topological polar surface area (TPSA) is 55.1 Å². The molecule has 0 bridgehead atoms. The fraction of sp³-hybridized carbons (Fsp3) is 0.364. The van der Waals surface area contributed by atoms with E-state index in [1.54, 1.807) is 17.8 Å². The molecule has 1 amide bonds. The van der Waals surface area contributed by atoms with Gasteiger partial charge >= 0.3 is 0 Å². The zero-order valence-electron chi connectivity index (χ0n) is 8.70. The molecular weight excluding hydrogens is 244 g/mol. The van der Waals surface area contributed by atoms with Gasteiger partial charge in [0.2, 0.25) is 5.91 Å². The van der Waals surface area contributed by atoms with E-state index in [4.69, 9.17) is 17.3 Å². The Morgan fingerprint density at radius 3 is 3.00 bits per heavy atom. The van der Waals surface area contributed by atoms with Crippen LogP contribution in [0.1, 0.15) is 12.8 Å². The van der Waals surface area contributed by atoms with Crippen molar-refractivity contribution in [2.45, 2.75) is 23.8 Å². The zero-order valence-corrected chi connectivity index (χ0v) is 10.3. The Hall–Kier alpha value is -0.870. The molecule has 1 saturated heterocycles. The van der Waals surface area contributed by atoms with Gasteiger partial charge in [0, 0.05) is 28.8 Å². The van der Waals surface area contributed by atoms with Crippen LogP contribution >= 0.6 is 23.4 Å². The van der Waals surface area contributed by atoms with Crippen molar-refractivity contribution in [3.63, 3.8) is 0 Å². The van der Waals surface area contributed by atoms with Gasteiger partial charge in [-0.05, 0) is 24.6 Å². The van der Waals surface area contributed by atoms with Gasteiger partial charge in [0.1, 0.15) is 0 Å². The molecule has 1 atom stereocenters. The van der Waals surface area contributed by atoms with Gasteiger partial charge in [-0.3, -0.25) is 4.79 Å². The normalized spacial score (nSPS) is 19.8. The van der Waals surface area contributed by atoms with Crippen molar-refractivity contribution in [3.05, 3.63) is 23.2 Å². The summed E-state index contributed by atoms with van der Waals surface area (Å²) in [5, 5.41) is 3.60. The van der Waals surface area contributed by atoms with Gasteiger partial charge in [-0.15, -0.1) is 11.8 Å². The van der Waals surface area contributed by atoms with Crippen LogP contribution in [0, 0.1) is 0 Å². The quantitative estimate of drug-likeness (QED) is 0.645. The molecule has 3 N–H and O–H groups in total. The Labute approximate surface area is 104 Å². The fourth-order valence-electron chi connectivity index (χ4n) is 1.63. The number of amides is 1. The lowest BCUT2D eigenvalue weighted by atomic mass is 10.2. The van der Waals surface area contributed by atoms with Gasteiger partial charge in [0.25, 0.3) is 0 Å². The highest BCUT2D eigenvalue weighted by Gasteiger charge is 2.20. The van der Waals surface area contributed by atoms with Crippen LogP contribution in [0.25, 0.3) is 0 Å². The highest BCUT2D eigenvalue weighted by atomic mass is 35.5. The highest BCUT2D eigenvalue weighted by molar-refractivity contribution is 7.99. The van der Waals surface area contributed by atoms with E-state index in [1.165, 1.54) is 0 Å². The van der Waals surface area contributed by atoms with Crippen LogP contribution in [0.5, 0.6) is 0 Å². The average Bonchev–Trinajstić information content (AvgIpc) is 2.63. The summed E-state index contributed by atoms with van der Waals surface area (Å²) in [7, 11) is 0. The molecule has 5 heteroatoms. The molecule has 86 valence electrons. The summed E-state index contributed by atoms with van der Waals surface area (Å²) in [6.45, 7) is 0. The summed E-state index contributed by atoms with van der Waals surface area (Å²) in [6, 6.07) is 5.77. The molecule has 1 fully saturated rings. The number of nitrogens with one attached hydrogen (secondary N) is 1. The minimum Gasteiger partial charge on any atom is -0.399 e. The summed E-state index contributed by atoms with van der Waals surface area (Å²) in [4.78, 5) is 12.0. The first-order chi connectivity index (χ1) is 7.65. The molecular formula is C11H13ClN2OS. The maximum atomic E-state index is 11.0. The molecule has 1 unspecified atom stereocenters. The van der Waals surface area contributed by atoms with Crippen LogP contribution in [0.15, 0.2) is 23.1 Å². The number of hydrogen-bond donors (Lipinski definition) is 2. The first-order valence-electron chi connectivity index (χ1n) is 5.12. The number of benzene rings is 1. The lowest BCUT2D eigenvalue weighted by Gasteiger charge is -2.10. The molecule has 0 aromatic heterocycles. The van der Waals surface area contributed by atoms with Crippen molar-refractivity contribution in [1.82, 2.24) is 5.32 Å². The number of halogens is 1. The number of rotatable bonds is 3. The lowest BCUT2D eigenvalue weighted by molar-refractivity contribution is -0.119. The maximum Gasteiger partial charge on any atom is 0.220 e. The van der Waals surface area contributed by atoms with E-state index in [0.29, 0.717) is 17.1 Å². The molecule has 1 aromatic carbocycles. The van der Waals surface area contributed by atoms with Crippen LogP contribution in [0.2, 0.25) is 5.02 Å². The maximum absolute atomic E-state index is 11.0. The van der Waals surface area contributed by atoms with Crippen LogP contribution in [0.3, 0.4) is 0 Å². The summed E-state index contributed by atoms with van der Waals surface area (Å²) in [6.07, 6.45) is 1.55. The molecule has 0 aliphatic carbocycles. The number of nitrogen functional groups attached to an aromatic ring is 1. The molecule has 1 aromatic rings. The number of anilines is 1. The third-order valence-electron chi connectivity index (χ3n) is 2.48. The van der Waals surface area contributed by atoms with E-state index < -0.39 is 0 Å². The van der Waals surface area contributed by atoms with E-state index >= 15 is 0 Å². The molecule has 0 saturated carbocycles. The van der Waals surface area contributed by atoms with Crippen molar-refractivity contribution in [1.29, 1.82) is 0 Å². The van der Waals surface area contributed by atoms with Crippen molar-refractivity contribution in [3.8, 4) is 0 Å². The Balaban J connectivity index is 1.92. The molecule has 1 aliphatic rings. The van der Waals surface area contributed by atoms with Gasteiger partial charge in [-0.2, -0.15) is 0 Å². The first-order valence-corrected chi connectivity index (χ1v) is 6.48. The Morgan fingerprint density at radius 2 is 2.38 bits per heavy atom. The van der Waals surface area contributed by atoms with E-state index in [-0.39, 0.29) is 11.9 Å². The van der Waals surface area contributed by atoms with Crippen molar-refractivity contribution in [2.75, 3.05) is 11.5 Å². The predicted octanol–water partition coefficient (Wildman–Crippen LogP) is 2.29. The van der Waals surface area contributed by atoms with Crippen LogP contribution in [0.4, 0.5) is 5.69 Å². The van der Waals surface area contributed by atoms with E-state index in [1.807, 2.05) is 12.1 Å². The summed E-state index contributed by atoms with van der Waals surface area (Å²) < 4.78 is 0. The number of hydrogen-bond acceptors (Lipinski definition) is 3. The van der Waals surface area contributed by atoms with Gasteiger partial charge in [-0.1, -0.05) is 11.6 Å².